The van der Waals surface area contributed by atoms with Crippen molar-refractivity contribution in [3.8, 4) is 5.75 Å². The number of hydrogen-bond donors (Lipinski definition) is 1. The number of amides is 1. The van der Waals surface area contributed by atoms with Gasteiger partial charge in [0.15, 0.2) is 0 Å². The molecule has 32 heavy (non-hydrogen) atoms. The number of nitrogens with two attached hydrogens (primary N) is 1. The molecular weight excluding hydrogens is 406 g/mol. The van der Waals surface area contributed by atoms with Crippen LogP contribution in [0.4, 0.5) is 10.5 Å². The molecule has 7 nitrogen and oxygen atoms in total. The fourth-order valence-corrected chi connectivity index (χ4v) is 3.56. The smallest absolute Gasteiger partial charge is 0.410 e. The summed E-state index contributed by atoms with van der Waals surface area (Å²) in [6.07, 6.45) is 1.38. The molecule has 1 aromatic rings. The van der Waals surface area contributed by atoms with Crippen LogP contribution in [0.15, 0.2) is 24.3 Å². The van der Waals surface area contributed by atoms with Crippen LogP contribution in [0, 0.1) is 0 Å². The van der Waals surface area contributed by atoms with E-state index in [1.807, 2.05) is 32.9 Å². The Hall–Kier alpha value is -1.99. The highest BCUT2D eigenvalue weighted by Crippen LogP contribution is 2.26. The molecule has 1 aromatic carbocycles. The zero-order chi connectivity index (χ0) is 24.0. The summed E-state index contributed by atoms with van der Waals surface area (Å²) in [7, 11) is 0. The van der Waals surface area contributed by atoms with Gasteiger partial charge in [-0.1, -0.05) is 0 Å². The van der Waals surface area contributed by atoms with E-state index in [4.69, 9.17) is 19.9 Å². The number of benzene rings is 1. The maximum atomic E-state index is 12.3. The molecule has 0 aromatic heterocycles. The third-order valence-corrected chi connectivity index (χ3v) is 5.47. The molecular formula is C25H43N3O4. The fraction of sp³-hybridized carbons (Fsp3) is 0.720. The van der Waals surface area contributed by atoms with Gasteiger partial charge in [-0.05, 0) is 85.7 Å². The first-order valence-corrected chi connectivity index (χ1v) is 11.7. The van der Waals surface area contributed by atoms with Crippen LogP contribution >= 0.6 is 0 Å². The number of anilines is 1. The predicted molar refractivity (Wildman–Crippen MR) is 129 cm³/mol. The van der Waals surface area contributed by atoms with Gasteiger partial charge in [0.25, 0.3) is 0 Å². The molecule has 0 unspecified atom stereocenters. The first kappa shape index (κ1) is 26.3. The largest absolute Gasteiger partial charge is 0.488 e. The van der Waals surface area contributed by atoms with Crippen LogP contribution in [0.5, 0.6) is 5.75 Å². The SMILES string of the molecule is CC(C)(C)OC(=O)N1CCN(c2ccc(OC(C)(C)CCOC(C)(C)CCN)cc2)CC1. The minimum atomic E-state index is -0.468. The Kier molecular flexibility index (Phi) is 8.82. The highest BCUT2D eigenvalue weighted by molar-refractivity contribution is 5.68. The van der Waals surface area contributed by atoms with Gasteiger partial charge in [0.1, 0.15) is 17.0 Å². The first-order valence-electron chi connectivity index (χ1n) is 11.7. The molecule has 1 aliphatic rings. The van der Waals surface area contributed by atoms with E-state index in [9.17, 15) is 4.79 Å². The van der Waals surface area contributed by atoms with Crippen molar-refractivity contribution in [1.29, 1.82) is 0 Å². The number of piperazine rings is 1. The summed E-state index contributed by atoms with van der Waals surface area (Å²) >= 11 is 0. The summed E-state index contributed by atoms with van der Waals surface area (Å²) in [6.45, 7) is 18.1. The summed E-state index contributed by atoms with van der Waals surface area (Å²) < 4.78 is 17.7. The van der Waals surface area contributed by atoms with E-state index >= 15 is 0 Å². The summed E-state index contributed by atoms with van der Waals surface area (Å²) in [5.41, 5.74) is 5.77. The normalized spacial score (nSPS) is 15.6. The van der Waals surface area contributed by atoms with Crippen molar-refractivity contribution in [2.45, 2.75) is 78.1 Å². The van der Waals surface area contributed by atoms with Crippen molar-refractivity contribution in [2.75, 3.05) is 44.2 Å². The number of carbonyl (C=O) groups is 1. The molecule has 0 aliphatic carbocycles. The van der Waals surface area contributed by atoms with Crippen LogP contribution in [-0.4, -0.2) is 67.1 Å². The highest BCUT2D eigenvalue weighted by Gasteiger charge is 2.26. The topological polar surface area (TPSA) is 77.3 Å². The average molecular weight is 450 g/mol. The number of nitrogens with zero attached hydrogens (tertiary/aromatic N) is 2. The van der Waals surface area contributed by atoms with Gasteiger partial charge in [-0.2, -0.15) is 0 Å². The lowest BCUT2D eigenvalue weighted by Crippen LogP contribution is -2.50. The van der Waals surface area contributed by atoms with Gasteiger partial charge in [0.2, 0.25) is 0 Å². The molecule has 1 fully saturated rings. The Bertz CT molecular complexity index is 718. The molecule has 1 aliphatic heterocycles. The average Bonchev–Trinajstić information content (AvgIpc) is 2.66. The van der Waals surface area contributed by atoms with E-state index in [2.05, 4.69) is 44.7 Å². The van der Waals surface area contributed by atoms with Gasteiger partial charge < -0.3 is 29.7 Å². The lowest BCUT2D eigenvalue weighted by atomic mass is 10.0. The molecule has 1 heterocycles. The zero-order valence-electron chi connectivity index (χ0n) is 21.1. The summed E-state index contributed by atoms with van der Waals surface area (Å²) in [5, 5.41) is 0. The summed E-state index contributed by atoms with van der Waals surface area (Å²) in [5.74, 6) is 0.840. The van der Waals surface area contributed by atoms with Gasteiger partial charge in [-0.3, -0.25) is 0 Å². The second kappa shape index (κ2) is 10.8. The zero-order valence-corrected chi connectivity index (χ0v) is 21.1. The molecule has 0 radical (unpaired) electrons. The van der Waals surface area contributed by atoms with E-state index < -0.39 is 5.60 Å². The monoisotopic (exact) mass is 449 g/mol. The van der Waals surface area contributed by atoms with E-state index in [-0.39, 0.29) is 17.3 Å². The Morgan fingerprint density at radius 1 is 0.906 bits per heavy atom. The van der Waals surface area contributed by atoms with E-state index in [0.717, 1.165) is 37.4 Å². The van der Waals surface area contributed by atoms with Crippen LogP contribution in [0.1, 0.15) is 61.3 Å². The molecule has 7 heteroatoms. The molecule has 0 bridgehead atoms. The van der Waals surface area contributed by atoms with Gasteiger partial charge >= 0.3 is 6.09 Å². The molecule has 0 saturated carbocycles. The summed E-state index contributed by atoms with van der Waals surface area (Å²) in [4.78, 5) is 16.3. The van der Waals surface area contributed by atoms with Gasteiger partial charge in [-0.15, -0.1) is 0 Å². The lowest BCUT2D eigenvalue weighted by Gasteiger charge is -2.36. The third kappa shape index (κ3) is 8.87. The molecule has 0 atom stereocenters. The van der Waals surface area contributed by atoms with Crippen LogP contribution < -0.4 is 15.4 Å². The number of ether oxygens (including phenoxy) is 3. The number of carbonyl (C=O) groups excluding carboxylic acids is 1. The fourth-order valence-electron chi connectivity index (χ4n) is 3.56. The van der Waals surface area contributed by atoms with Crippen molar-refractivity contribution in [1.82, 2.24) is 4.90 Å². The lowest BCUT2D eigenvalue weighted by molar-refractivity contribution is -0.0435. The van der Waals surface area contributed by atoms with Crippen LogP contribution in [0.3, 0.4) is 0 Å². The molecule has 2 N–H and O–H groups in total. The Morgan fingerprint density at radius 2 is 1.50 bits per heavy atom. The van der Waals surface area contributed by atoms with Crippen LogP contribution in [0.2, 0.25) is 0 Å². The van der Waals surface area contributed by atoms with Crippen LogP contribution in [-0.2, 0) is 9.47 Å². The van der Waals surface area contributed by atoms with Gasteiger partial charge in [-0.25, -0.2) is 4.79 Å². The minimum Gasteiger partial charge on any atom is -0.488 e. The van der Waals surface area contributed by atoms with E-state index in [0.29, 0.717) is 26.2 Å². The summed E-state index contributed by atoms with van der Waals surface area (Å²) in [6, 6.07) is 8.18. The quantitative estimate of drug-likeness (QED) is 0.601. The Morgan fingerprint density at radius 3 is 2.03 bits per heavy atom. The first-order chi connectivity index (χ1) is 14.8. The van der Waals surface area contributed by atoms with Crippen molar-refractivity contribution in [2.24, 2.45) is 5.73 Å². The molecule has 1 amide bonds. The predicted octanol–water partition coefficient (Wildman–Crippen LogP) is 4.44. The maximum Gasteiger partial charge on any atom is 0.410 e. The van der Waals surface area contributed by atoms with Crippen molar-refractivity contribution < 1.29 is 19.0 Å². The van der Waals surface area contributed by atoms with Gasteiger partial charge in [0, 0.05) is 38.3 Å². The number of hydrogen-bond acceptors (Lipinski definition) is 6. The highest BCUT2D eigenvalue weighted by atomic mass is 16.6. The van der Waals surface area contributed by atoms with Crippen molar-refractivity contribution in [3.63, 3.8) is 0 Å². The molecule has 0 spiro atoms. The van der Waals surface area contributed by atoms with Crippen molar-refractivity contribution >= 4 is 11.8 Å². The molecule has 1 saturated heterocycles. The second-order valence-corrected chi connectivity index (χ2v) is 10.7. The van der Waals surface area contributed by atoms with E-state index in [1.54, 1.807) is 4.90 Å². The standard InChI is InChI=1S/C25H43N3O4/c1-23(2,3)32-22(29)28-17-15-27(16-18-28)20-8-10-21(11-9-20)31-25(6,7)13-19-30-24(4,5)12-14-26/h8-11H,12-19,26H2,1-7H3. The Balaban J connectivity index is 1.82. The van der Waals surface area contributed by atoms with Crippen LogP contribution in [0.25, 0.3) is 0 Å². The third-order valence-electron chi connectivity index (χ3n) is 5.47. The molecule has 182 valence electrons. The minimum absolute atomic E-state index is 0.208. The Labute approximate surface area is 194 Å². The number of rotatable bonds is 9. The van der Waals surface area contributed by atoms with E-state index in [1.165, 1.54) is 0 Å². The second-order valence-electron chi connectivity index (χ2n) is 10.7. The molecule has 2 rings (SSSR count). The maximum absolute atomic E-state index is 12.3. The van der Waals surface area contributed by atoms with Crippen molar-refractivity contribution in [3.05, 3.63) is 24.3 Å². The van der Waals surface area contributed by atoms with Gasteiger partial charge in [0.05, 0.1) is 12.2 Å².